The molecule has 10 heteroatoms. The Morgan fingerprint density at radius 2 is 2.00 bits per heavy atom. The molecule has 1 fully saturated rings. The fraction of sp³-hybridized carbons (Fsp3) is 0.429. The van der Waals surface area contributed by atoms with Crippen LogP contribution in [0.5, 0.6) is 0 Å². The minimum absolute atomic E-state index is 0.115. The summed E-state index contributed by atoms with van der Waals surface area (Å²) in [5.74, 6) is 1.00. The lowest BCUT2D eigenvalue weighted by atomic mass is 10.1. The monoisotopic (exact) mass is 421 g/mol. The average molecular weight is 422 g/mol. The van der Waals surface area contributed by atoms with Crippen LogP contribution in [0.1, 0.15) is 44.8 Å². The molecular weight excluding hydrogens is 394 g/mol. The van der Waals surface area contributed by atoms with Crippen molar-refractivity contribution >= 4 is 29.2 Å². The maximum atomic E-state index is 11.3. The van der Waals surface area contributed by atoms with Gasteiger partial charge in [0.15, 0.2) is 0 Å². The molecule has 0 saturated carbocycles. The van der Waals surface area contributed by atoms with E-state index in [-0.39, 0.29) is 5.91 Å². The number of amides is 1. The third kappa shape index (κ3) is 5.33. The average Bonchev–Trinajstić information content (AvgIpc) is 3.23. The van der Waals surface area contributed by atoms with Crippen LogP contribution in [0.15, 0.2) is 36.8 Å². The normalized spacial score (nSPS) is 14.5. The summed E-state index contributed by atoms with van der Waals surface area (Å²) in [5.41, 5.74) is 2.56. The van der Waals surface area contributed by atoms with Crippen molar-refractivity contribution in [2.75, 3.05) is 28.6 Å². The second kappa shape index (κ2) is 9.50. The van der Waals surface area contributed by atoms with Crippen LogP contribution in [0.25, 0.3) is 0 Å². The molecule has 0 unspecified atom stereocenters. The topological polar surface area (TPSA) is 114 Å². The molecule has 0 spiro atoms. The fourth-order valence-electron chi connectivity index (χ4n) is 3.70. The first-order valence-corrected chi connectivity index (χ1v) is 10.6. The molecule has 3 heterocycles. The first-order chi connectivity index (χ1) is 15.1. The molecule has 1 aliphatic rings. The highest BCUT2D eigenvalue weighted by molar-refractivity contribution is 5.89. The van der Waals surface area contributed by atoms with Crippen molar-refractivity contribution in [3.63, 3.8) is 0 Å². The molecule has 0 radical (unpaired) electrons. The Bertz CT molecular complexity index is 1030. The number of hydrogen-bond donors (Lipinski definition) is 2. The second-order valence-electron chi connectivity index (χ2n) is 7.65. The second-order valence-corrected chi connectivity index (χ2v) is 7.65. The van der Waals surface area contributed by atoms with Crippen molar-refractivity contribution in [2.24, 2.45) is 0 Å². The number of aromatic nitrogens is 6. The smallest absolute Gasteiger partial charge is 0.231 e. The molecule has 0 bridgehead atoms. The minimum atomic E-state index is -0.115. The van der Waals surface area contributed by atoms with Gasteiger partial charge in [0, 0.05) is 37.6 Å². The Hall–Kier alpha value is -3.56. The van der Waals surface area contributed by atoms with Gasteiger partial charge in [0.05, 0.1) is 11.7 Å². The largest absolute Gasteiger partial charge is 0.341 e. The highest BCUT2D eigenvalue weighted by Gasteiger charge is 2.23. The van der Waals surface area contributed by atoms with E-state index >= 15 is 0 Å². The molecule has 1 aliphatic heterocycles. The highest BCUT2D eigenvalue weighted by Crippen LogP contribution is 2.25. The van der Waals surface area contributed by atoms with E-state index in [1.54, 1.807) is 0 Å². The predicted molar refractivity (Wildman–Crippen MR) is 118 cm³/mol. The summed E-state index contributed by atoms with van der Waals surface area (Å²) in [7, 11) is 0. The molecule has 10 nitrogen and oxygen atoms in total. The van der Waals surface area contributed by atoms with E-state index in [1.165, 1.54) is 13.3 Å². The lowest BCUT2D eigenvalue weighted by molar-refractivity contribution is -0.114. The third-order valence-electron chi connectivity index (χ3n) is 5.18. The Morgan fingerprint density at radius 3 is 2.77 bits per heavy atom. The van der Waals surface area contributed by atoms with Gasteiger partial charge in [-0.05, 0) is 37.5 Å². The molecule has 0 atom stereocenters. The zero-order chi connectivity index (χ0) is 21.6. The molecule has 1 amide bonds. The number of aryl methyl sites for hydroxylation is 1. The number of benzene rings is 1. The van der Waals surface area contributed by atoms with Crippen LogP contribution in [-0.4, -0.2) is 48.9 Å². The van der Waals surface area contributed by atoms with Crippen LogP contribution in [0.2, 0.25) is 0 Å². The van der Waals surface area contributed by atoms with Crippen molar-refractivity contribution in [1.82, 2.24) is 29.9 Å². The molecule has 162 valence electrons. The summed E-state index contributed by atoms with van der Waals surface area (Å²) in [4.78, 5) is 26.6. The van der Waals surface area contributed by atoms with Gasteiger partial charge in [-0.2, -0.15) is 4.98 Å². The Morgan fingerprint density at radius 1 is 1.19 bits per heavy atom. The number of nitrogens with zero attached hydrogens (tertiary/aromatic N) is 7. The van der Waals surface area contributed by atoms with Gasteiger partial charge in [-0.15, -0.1) is 5.10 Å². The van der Waals surface area contributed by atoms with E-state index < -0.39 is 0 Å². The van der Waals surface area contributed by atoms with Gasteiger partial charge in [-0.3, -0.25) is 4.79 Å². The number of anilines is 4. The predicted octanol–water partition coefficient (Wildman–Crippen LogP) is 2.96. The molecule has 4 rings (SSSR count). The van der Waals surface area contributed by atoms with Gasteiger partial charge in [0.2, 0.25) is 17.8 Å². The first kappa shape index (κ1) is 20.7. The summed E-state index contributed by atoms with van der Waals surface area (Å²) in [5, 5.41) is 14.5. The Balaban J connectivity index is 1.38. The SMILES string of the molecule is CCCc1cn(C2CCN(c3ncnc(Nc4cccc(NC(C)=O)c4)n3)CC2)nn1. The number of piperidine rings is 1. The Labute approximate surface area is 181 Å². The molecule has 31 heavy (non-hydrogen) atoms. The van der Waals surface area contributed by atoms with E-state index in [0.717, 1.165) is 50.2 Å². The Kier molecular flexibility index (Phi) is 6.34. The van der Waals surface area contributed by atoms with E-state index in [2.05, 4.69) is 53.9 Å². The van der Waals surface area contributed by atoms with Gasteiger partial charge >= 0.3 is 0 Å². The van der Waals surface area contributed by atoms with Crippen LogP contribution >= 0.6 is 0 Å². The number of carbonyl (C=O) groups excluding carboxylic acids is 1. The molecule has 1 saturated heterocycles. The number of carbonyl (C=O) groups is 1. The van der Waals surface area contributed by atoms with E-state index in [9.17, 15) is 4.79 Å². The molecular formula is C21H27N9O. The number of rotatable bonds is 7. The maximum Gasteiger partial charge on any atom is 0.231 e. The van der Waals surface area contributed by atoms with Crippen molar-refractivity contribution in [3.05, 3.63) is 42.5 Å². The molecule has 2 N–H and O–H groups in total. The molecule has 0 aliphatic carbocycles. The fourth-order valence-corrected chi connectivity index (χ4v) is 3.70. The number of hydrogen-bond acceptors (Lipinski definition) is 8. The highest BCUT2D eigenvalue weighted by atomic mass is 16.1. The first-order valence-electron chi connectivity index (χ1n) is 10.6. The van der Waals surface area contributed by atoms with E-state index in [1.807, 2.05) is 28.9 Å². The van der Waals surface area contributed by atoms with Gasteiger partial charge in [0.25, 0.3) is 0 Å². The van der Waals surface area contributed by atoms with Crippen molar-refractivity contribution < 1.29 is 4.79 Å². The third-order valence-corrected chi connectivity index (χ3v) is 5.18. The quantitative estimate of drug-likeness (QED) is 0.599. The lowest BCUT2D eigenvalue weighted by Crippen LogP contribution is -2.36. The minimum Gasteiger partial charge on any atom is -0.341 e. The van der Waals surface area contributed by atoms with Crippen LogP contribution in [0.4, 0.5) is 23.3 Å². The summed E-state index contributed by atoms with van der Waals surface area (Å²) < 4.78 is 2.00. The van der Waals surface area contributed by atoms with Gasteiger partial charge in [-0.1, -0.05) is 24.6 Å². The standard InChI is InChI=1S/C21H27N9O/c1-3-5-18-13-30(28-27-18)19-8-10-29(11-9-19)21-23-14-22-20(26-21)25-17-7-4-6-16(12-17)24-15(2)31/h4,6-7,12-14,19H,3,5,8-11H2,1-2H3,(H,24,31)(H,22,23,25,26). The van der Waals surface area contributed by atoms with Gasteiger partial charge in [-0.25, -0.2) is 14.6 Å². The van der Waals surface area contributed by atoms with E-state index in [0.29, 0.717) is 23.6 Å². The van der Waals surface area contributed by atoms with Crippen LogP contribution in [0.3, 0.4) is 0 Å². The summed E-state index contributed by atoms with van der Waals surface area (Å²) in [6.45, 7) is 5.31. The van der Waals surface area contributed by atoms with Gasteiger partial charge in [0.1, 0.15) is 6.33 Å². The zero-order valence-electron chi connectivity index (χ0n) is 17.8. The van der Waals surface area contributed by atoms with Gasteiger partial charge < -0.3 is 15.5 Å². The van der Waals surface area contributed by atoms with Crippen LogP contribution in [0, 0.1) is 0 Å². The lowest BCUT2D eigenvalue weighted by Gasteiger charge is -2.31. The molecule has 3 aromatic rings. The van der Waals surface area contributed by atoms with Crippen molar-refractivity contribution in [2.45, 2.75) is 45.6 Å². The summed E-state index contributed by atoms with van der Waals surface area (Å²) in [6.07, 6.45) is 7.55. The van der Waals surface area contributed by atoms with Crippen LogP contribution < -0.4 is 15.5 Å². The van der Waals surface area contributed by atoms with Crippen molar-refractivity contribution in [1.29, 1.82) is 0 Å². The summed E-state index contributed by atoms with van der Waals surface area (Å²) in [6, 6.07) is 7.77. The van der Waals surface area contributed by atoms with Crippen LogP contribution in [-0.2, 0) is 11.2 Å². The molecule has 2 aromatic heterocycles. The summed E-state index contributed by atoms with van der Waals surface area (Å²) >= 11 is 0. The zero-order valence-corrected chi connectivity index (χ0v) is 17.8. The maximum absolute atomic E-state index is 11.3. The van der Waals surface area contributed by atoms with E-state index in [4.69, 9.17) is 0 Å². The van der Waals surface area contributed by atoms with Crippen molar-refractivity contribution in [3.8, 4) is 0 Å². The number of nitrogens with one attached hydrogen (secondary N) is 2. The molecule has 1 aromatic carbocycles.